The van der Waals surface area contributed by atoms with Gasteiger partial charge in [-0.05, 0) is 43.8 Å². The fraction of sp³-hybridized carbons (Fsp3) is 0.375. The largest absolute Gasteiger partial charge is 0.357 e. The zero-order chi connectivity index (χ0) is 14.0. The molecule has 0 saturated carbocycles. The zero-order valence-corrected chi connectivity index (χ0v) is 13.2. The summed E-state index contributed by atoms with van der Waals surface area (Å²) in [6, 6.07) is 6.33. The monoisotopic (exact) mass is 318 g/mol. The second-order valence-electron chi connectivity index (χ2n) is 5.29. The Labute approximate surface area is 123 Å². The van der Waals surface area contributed by atoms with Crippen LogP contribution in [0.1, 0.15) is 25.1 Å². The molecule has 1 heterocycles. The number of rotatable bonds is 5. The quantitative estimate of drug-likeness (QED) is 0.863. The van der Waals surface area contributed by atoms with E-state index in [1.165, 1.54) is 10.9 Å². The van der Waals surface area contributed by atoms with E-state index in [1.807, 2.05) is 7.05 Å². The lowest BCUT2D eigenvalue weighted by Crippen LogP contribution is -2.19. The SMILES string of the molecule is [CH]=[C]C(C)(C)c1[nH]c2cc(Br)ccc2c1CCNC. The maximum Gasteiger partial charge on any atom is 0.0470 e. The summed E-state index contributed by atoms with van der Waals surface area (Å²) in [5.41, 5.74) is 3.33. The van der Waals surface area contributed by atoms with E-state index < -0.39 is 0 Å². The summed E-state index contributed by atoms with van der Waals surface area (Å²) in [5.74, 6) is 0. The van der Waals surface area contributed by atoms with E-state index in [0.717, 1.165) is 28.6 Å². The van der Waals surface area contributed by atoms with Gasteiger partial charge in [-0.1, -0.05) is 42.4 Å². The Bertz CT molecular complexity index is 596. The minimum Gasteiger partial charge on any atom is -0.357 e. The Hall–Kier alpha value is -1.06. The number of likely N-dealkylation sites (N-methyl/N-ethyl adjacent to an activating group) is 1. The molecule has 2 nitrogen and oxygen atoms in total. The van der Waals surface area contributed by atoms with Gasteiger partial charge in [-0.3, -0.25) is 0 Å². The van der Waals surface area contributed by atoms with Crippen LogP contribution in [0.3, 0.4) is 0 Å². The standard InChI is InChI=1S/C16H19BrN2/c1-5-16(2,3)15-13(8-9-18-4)12-7-6-11(17)10-14(12)19-15/h1,6-7,10,18-19H,8-9H2,2-4H3. The van der Waals surface area contributed by atoms with Gasteiger partial charge in [-0.25, -0.2) is 0 Å². The summed E-state index contributed by atoms with van der Waals surface area (Å²) >= 11 is 3.51. The van der Waals surface area contributed by atoms with Crippen molar-refractivity contribution in [2.45, 2.75) is 25.7 Å². The third-order valence-corrected chi connectivity index (χ3v) is 3.97. The second kappa shape index (κ2) is 5.51. The van der Waals surface area contributed by atoms with Crippen molar-refractivity contribution in [2.24, 2.45) is 0 Å². The van der Waals surface area contributed by atoms with Gasteiger partial charge in [0.05, 0.1) is 0 Å². The first kappa shape index (κ1) is 14.4. The number of H-pyrrole nitrogens is 1. The summed E-state index contributed by atoms with van der Waals surface area (Å²) in [7, 11) is 1.97. The zero-order valence-electron chi connectivity index (χ0n) is 11.6. The van der Waals surface area contributed by atoms with Crippen LogP contribution >= 0.6 is 15.9 Å². The van der Waals surface area contributed by atoms with Gasteiger partial charge in [0.15, 0.2) is 0 Å². The van der Waals surface area contributed by atoms with Gasteiger partial charge < -0.3 is 10.3 Å². The van der Waals surface area contributed by atoms with Crippen molar-refractivity contribution in [3.05, 3.63) is 46.6 Å². The number of aromatic amines is 1. The number of halogens is 1. The first-order valence-electron chi connectivity index (χ1n) is 6.42. The van der Waals surface area contributed by atoms with Crippen LogP contribution in [0.15, 0.2) is 22.7 Å². The highest BCUT2D eigenvalue weighted by Gasteiger charge is 2.24. The minimum absolute atomic E-state index is 0.283. The molecule has 3 heteroatoms. The fourth-order valence-electron chi connectivity index (χ4n) is 2.34. The molecule has 0 atom stereocenters. The van der Waals surface area contributed by atoms with Gasteiger partial charge in [0, 0.05) is 26.5 Å². The Morgan fingerprint density at radius 2 is 2.16 bits per heavy atom. The Morgan fingerprint density at radius 3 is 2.79 bits per heavy atom. The molecule has 0 aliphatic heterocycles. The molecule has 0 spiro atoms. The number of nitrogens with one attached hydrogen (secondary N) is 2. The van der Waals surface area contributed by atoms with E-state index in [1.54, 1.807) is 0 Å². The van der Waals surface area contributed by atoms with Gasteiger partial charge in [0.1, 0.15) is 0 Å². The molecule has 19 heavy (non-hydrogen) atoms. The van der Waals surface area contributed by atoms with Crippen LogP contribution in [0.25, 0.3) is 10.9 Å². The number of allylic oxidation sites excluding steroid dienone is 1. The van der Waals surface area contributed by atoms with Gasteiger partial charge in [0.2, 0.25) is 0 Å². The third kappa shape index (κ3) is 2.77. The molecule has 2 rings (SSSR count). The van der Waals surface area contributed by atoms with E-state index in [4.69, 9.17) is 6.58 Å². The van der Waals surface area contributed by atoms with Crippen molar-refractivity contribution >= 4 is 26.8 Å². The number of hydrogen-bond donors (Lipinski definition) is 2. The molecule has 2 aromatic rings. The predicted molar refractivity (Wildman–Crippen MR) is 84.2 cm³/mol. The van der Waals surface area contributed by atoms with E-state index >= 15 is 0 Å². The highest BCUT2D eigenvalue weighted by atomic mass is 79.9. The summed E-state index contributed by atoms with van der Waals surface area (Å²) in [6.07, 6.45) is 3.86. The molecule has 0 unspecified atom stereocenters. The highest BCUT2D eigenvalue weighted by Crippen LogP contribution is 2.33. The Balaban J connectivity index is 2.63. The number of benzene rings is 1. The molecule has 0 saturated heterocycles. The van der Waals surface area contributed by atoms with Crippen LogP contribution in [0.4, 0.5) is 0 Å². The van der Waals surface area contributed by atoms with Crippen LogP contribution in [0, 0.1) is 12.7 Å². The molecule has 1 aromatic carbocycles. The van der Waals surface area contributed by atoms with Crippen molar-refractivity contribution in [1.82, 2.24) is 10.3 Å². The van der Waals surface area contributed by atoms with E-state index in [2.05, 4.69) is 64.4 Å². The Morgan fingerprint density at radius 1 is 1.42 bits per heavy atom. The summed E-state index contributed by atoms with van der Waals surface area (Å²) < 4.78 is 1.08. The molecule has 0 aliphatic carbocycles. The van der Waals surface area contributed by atoms with Crippen molar-refractivity contribution in [3.8, 4) is 0 Å². The molecule has 2 N–H and O–H groups in total. The van der Waals surface area contributed by atoms with Crippen LogP contribution in [0.2, 0.25) is 0 Å². The summed E-state index contributed by atoms with van der Waals surface area (Å²) in [4.78, 5) is 3.50. The van der Waals surface area contributed by atoms with E-state index in [0.29, 0.717) is 0 Å². The third-order valence-electron chi connectivity index (χ3n) is 3.48. The average Bonchev–Trinajstić information content (AvgIpc) is 2.74. The lowest BCUT2D eigenvalue weighted by molar-refractivity contribution is 0.618. The second-order valence-corrected chi connectivity index (χ2v) is 6.21. The fourth-order valence-corrected chi connectivity index (χ4v) is 2.70. The lowest BCUT2D eigenvalue weighted by atomic mass is 9.86. The molecule has 0 bridgehead atoms. The maximum atomic E-state index is 5.69. The molecular weight excluding hydrogens is 300 g/mol. The van der Waals surface area contributed by atoms with Crippen LogP contribution < -0.4 is 5.32 Å². The number of fused-ring (bicyclic) bond motifs is 1. The Kier molecular flexibility index (Phi) is 4.16. The molecule has 100 valence electrons. The van der Waals surface area contributed by atoms with Crippen molar-refractivity contribution < 1.29 is 0 Å². The van der Waals surface area contributed by atoms with Gasteiger partial charge in [0.25, 0.3) is 0 Å². The van der Waals surface area contributed by atoms with Crippen molar-refractivity contribution in [2.75, 3.05) is 13.6 Å². The van der Waals surface area contributed by atoms with Crippen LogP contribution in [-0.4, -0.2) is 18.6 Å². The van der Waals surface area contributed by atoms with Gasteiger partial charge in [-0.15, -0.1) is 0 Å². The average molecular weight is 319 g/mol. The normalized spacial score (nSPS) is 12.0. The van der Waals surface area contributed by atoms with Gasteiger partial charge >= 0.3 is 0 Å². The first-order chi connectivity index (χ1) is 8.99. The summed E-state index contributed by atoms with van der Waals surface area (Å²) in [6.45, 7) is 10.8. The highest BCUT2D eigenvalue weighted by molar-refractivity contribution is 9.10. The molecule has 0 amide bonds. The number of hydrogen-bond acceptors (Lipinski definition) is 1. The lowest BCUT2D eigenvalue weighted by Gasteiger charge is -2.20. The molecule has 1 aromatic heterocycles. The molecule has 0 aliphatic rings. The molecule has 2 radical (unpaired) electrons. The molecule has 0 fully saturated rings. The minimum atomic E-state index is -0.283. The predicted octanol–water partition coefficient (Wildman–Crippen LogP) is 3.76. The van der Waals surface area contributed by atoms with Crippen LogP contribution in [-0.2, 0) is 11.8 Å². The van der Waals surface area contributed by atoms with E-state index in [-0.39, 0.29) is 5.41 Å². The van der Waals surface area contributed by atoms with Crippen LogP contribution in [0.5, 0.6) is 0 Å². The smallest absolute Gasteiger partial charge is 0.0470 e. The maximum absolute atomic E-state index is 5.69. The van der Waals surface area contributed by atoms with Gasteiger partial charge in [-0.2, -0.15) is 0 Å². The van der Waals surface area contributed by atoms with Crippen molar-refractivity contribution in [1.29, 1.82) is 0 Å². The van der Waals surface area contributed by atoms with E-state index in [9.17, 15) is 0 Å². The first-order valence-corrected chi connectivity index (χ1v) is 7.22. The van der Waals surface area contributed by atoms with Crippen molar-refractivity contribution in [3.63, 3.8) is 0 Å². The number of aromatic nitrogens is 1. The molecular formula is C16H19BrN2. The topological polar surface area (TPSA) is 27.8 Å². The summed E-state index contributed by atoms with van der Waals surface area (Å²) in [5, 5.41) is 4.46.